The summed E-state index contributed by atoms with van der Waals surface area (Å²) in [6.45, 7) is 3.04. The zero-order valence-corrected chi connectivity index (χ0v) is 19.6. The predicted molar refractivity (Wildman–Crippen MR) is 128 cm³/mol. The maximum atomic E-state index is 13.2. The summed E-state index contributed by atoms with van der Waals surface area (Å²) in [6, 6.07) is 12.2. The Kier molecular flexibility index (Phi) is 6.31. The van der Waals surface area contributed by atoms with Crippen LogP contribution in [0.3, 0.4) is 0 Å². The molecule has 0 spiro atoms. The molecular weight excluding hydrogens is 464 g/mol. The molecule has 168 valence electrons. The van der Waals surface area contributed by atoms with Gasteiger partial charge in [-0.3, -0.25) is 18.8 Å². The summed E-state index contributed by atoms with van der Waals surface area (Å²) < 4.78 is 12.3. The summed E-state index contributed by atoms with van der Waals surface area (Å²) in [5, 5.41) is 0.550. The van der Waals surface area contributed by atoms with Gasteiger partial charge in [0, 0.05) is 29.6 Å². The Bertz CT molecular complexity index is 1560. The van der Waals surface area contributed by atoms with Crippen LogP contribution in [0.25, 0.3) is 11.0 Å². The molecule has 0 saturated heterocycles. The fraction of sp³-hybridized carbons (Fsp3) is 0.167. The van der Waals surface area contributed by atoms with Gasteiger partial charge in [-0.15, -0.1) is 0 Å². The van der Waals surface area contributed by atoms with E-state index in [1.54, 1.807) is 37.3 Å². The highest BCUT2D eigenvalue weighted by Gasteiger charge is 2.16. The number of hydrogen-bond donors (Lipinski definition) is 0. The van der Waals surface area contributed by atoms with Gasteiger partial charge in [-0.05, 0) is 42.3 Å². The lowest BCUT2D eigenvalue weighted by Gasteiger charge is -2.08. The van der Waals surface area contributed by atoms with Gasteiger partial charge in [-0.1, -0.05) is 47.2 Å². The largest absolute Gasteiger partial charge is 0.493 e. The van der Waals surface area contributed by atoms with E-state index in [2.05, 4.69) is 4.98 Å². The molecule has 2 aromatic heterocycles. The SMILES string of the molecule is COc1cc(C=c2sc3nc(=O)c(Cc4ccccc4Cl)c(C)n3c2=O)ccc1OC(C)=O. The number of nitrogens with zero attached hydrogens (tertiary/aromatic N) is 2. The first-order valence-corrected chi connectivity index (χ1v) is 11.1. The fourth-order valence-corrected chi connectivity index (χ4v) is 4.70. The van der Waals surface area contributed by atoms with E-state index < -0.39 is 5.97 Å². The van der Waals surface area contributed by atoms with E-state index in [0.717, 1.165) is 16.9 Å². The number of halogens is 1. The van der Waals surface area contributed by atoms with Gasteiger partial charge >= 0.3 is 5.97 Å². The minimum Gasteiger partial charge on any atom is -0.493 e. The van der Waals surface area contributed by atoms with Gasteiger partial charge in [0.1, 0.15) is 0 Å². The molecule has 0 fully saturated rings. The van der Waals surface area contributed by atoms with E-state index in [1.807, 2.05) is 18.2 Å². The minimum atomic E-state index is -0.463. The molecule has 0 saturated carbocycles. The van der Waals surface area contributed by atoms with Crippen LogP contribution in [-0.4, -0.2) is 22.5 Å². The number of benzene rings is 2. The lowest BCUT2D eigenvalue weighted by Crippen LogP contribution is -2.27. The van der Waals surface area contributed by atoms with Crippen LogP contribution in [-0.2, 0) is 11.2 Å². The predicted octanol–water partition coefficient (Wildman–Crippen LogP) is 3.15. The molecule has 0 bridgehead atoms. The number of ether oxygens (including phenoxy) is 2. The summed E-state index contributed by atoms with van der Waals surface area (Å²) in [4.78, 5) is 41.6. The van der Waals surface area contributed by atoms with E-state index >= 15 is 0 Å². The number of esters is 1. The molecule has 0 amide bonds. The van der Waals surface area contributed by atoms with Gasteiger partial charge in [-0.25, -0.2) is 0 Å². The van der Waals surface area contributed by atoms with Gasteiger partial charge in [0.2, 0.25) is 4.96 Å². The number of hydrogen-bond acceptors (Lipinski definition) is 7. The average molecular weight is 483 g/mol. The quantitative estimate of drug-likeness (QED) is 0.321. The lowest BCUT2D eigenvalue weighted by molar-refractivity contribution is -0.132. The van der Waals surface area contributed by atoms with E-state index in [4.69, 9.17) is 21.1 Å². The third kappa shape index (κ3) is 4.53. The van der Waals surface area contributed by atoms with Crippen LogP contribution in [0.2, 0.25) is 5.02 Å². The molecule has 7 nitrogen and oxygen atoms in total. The number of aromatic nitrogens is 2. The van der Waals surface area contributed by atoms with E-state index in [9.17, 15) is 14.4 Å². The molecule has 33 heavy (non-hydrogen) atoms. The highest BCUT2D eigenvalue weighted by atomic mass is 35.5. The third-order valence-electron chi connectivity index (χ3n) is 5.10. The standard InChI is InChI=1S/C24H19ClN2O5S/c1-13-17(12-16-6-4-5-7-18(16)25)22(29)26-24-27(13)23(30)21(33-24)11-15-8-9-19(32-14(2)28)20(10-15)31-3/h4-11H,12H2,1-3H3. The van der Waals surface area contributed by atoms with Gasteiger partial charge in [0.25, 0.3) is 11.1 Å². The summed E-state index contributed by atoms with van der Waals surface area (Å²) in [6.07, 6.45) is 1.96. The topological polar surface area (TPSA) is 87.0 Å². The molecule has 0 aliphatic rings. The van der Waals surface area contributed by atoms with Crippen LogP contribution in [0.15, 0.2) is 52.1 Å². The molecular formula is C24H19ClN2O5S. The van der Waals surface area contributed by atoms with Crippen LogP contribution < -0.4 is 25.1 Å². The normalized spacial score (nSPS) is 11.7. The molecule has 0 unspecified atom stereocenters. The molecule has 0 aliphatic carbocycles. The molecule has 0 atom stereocenters. The Balaban J connectivity index is 1.82. The second kappa shape index (κ2) is 9.17. The van der Waals surface area contributed by atoms with Gasteiger partial charge in [-0.2, -0.15) is 4.98 Å². The van der Waals surface area contributed by atoms with Crippen molar-refractivity contribution in [1.29, 1.82) is 0 Å². The monoisotopic (exact) mass is 482 g/mol. The van der Waals surface area contributed by atoms with E-state index in [-0.39, 0.29) is 23.3 Å². The Hall–Kier alpha value is -3.49. The minimum absolute atomic E-state index is 0.275. The number of rotatable bonds is 5. The fourth-order valence-electron chi connectivity index (χ4n) is 3.49. The van der Waals surface area contributed by atoms with Gasteiger partial charge in [0.05, 0.1) is 11.6 Å². The number of fused-ring (bicyclic) bond motifs is 1. The first-order valence-electron chi connectivity index (χ1n) is 9.95. The zero-order chi connectivity index (χ0) is 23.7. The van der Waals surface area contributed by atoms with E-state index in [0.29, 0.717) is 37.1 Å². The van der Waals surface area contributed by atoms with Gasteiger partial charge < -0.3 is 9.47 Å². The van der Waals surface area contributed by atoms with Crippen LogP contribution in [0, 0.1) is 6.92 Å². The van der Waals surface area contributed by atoms with Crippen molar-refractivity contribution in [1.82, 2.24) is 9.38 Å². The van der Waals surface area contributed by atoms with Crippen LogP contribution in [0.1, 0.15) is 29.3 Å². The number of thiazole rings is 1. The van der Waals surface area contributed by atoms with E-state index in [1.165, 1.54) is 18.4 Å². The van der Waals surface area contributed by atoms with Crippen molar-refractivity contribution >= 4 is 39.9 Å². The molecule has 2 aromatic carbocycles. The molecule has 0 radical (unpaired) electrons. The second-order valence-corrected chi connectivity index (χ2v) is 8.70. The summed E-state index contributed by atoms with van der Waals surface area (Å²) in [5.41, 5.74) is 1.76. The maximum absolute atomic E-state index is 13.2. The highest BCUT2D eigenvalue weighted by Crippen LogP contribution is 2.28. The molecule has 0 aliphatic heterocycles. The summed E-state index contributed by atoms with van der Waals surface area (Å²) >= 11 is 7.38. The average Bonchev–Trinajstić information content (AvgIpc) is 3.07. The molecule has 2 heterocycles. The van der Waals surface area contributed by atoms with Crippen molar-refractivity contribution in [2.45, 2.75) is 20.3 Å². The Morgan fingerprint density at radius 3 is 2.64 bits per heavy atom. The van der Waals surface area contributed by atoms with Crippen LogP contribution >= 0.6 is 22.9 Å². The summed E-state index contributed by atoms with van der Waals surface area (Å²) in [7, 11) is 1.46. The first-order chi connectivity index (χ1) is 15.8. The highest BCUT2D eigenvalue weighted by molar-refractivity contribution is 7.15. The number of carbonyl (C=O) groups excluding carboxylic acids is 1. The van der Waals surface area contributed by atoms with Gasteiger partial charge in [0.15, 0.2) is 11.5 Å². The Labute approximate surface area is 197 Å². The zero-order valence-electron chi connectivity index (χ0n) is 18.0. The van der Waals surface area contributed by atoms with Crippen molar-refractivity contribution < 1.29 is 14.3 Å². The molecule has 4 rings (SSSR count). The third-order valence-corrected chi connectivity index (χ3v) is 6.44. The van der Waals surface area contributed by atoms with Crippen molar-refractivity contribution in [3.05, 3.63) is 95.1 Å². The summed E-state index contributed by atoms with van der Waals surface area (Å²) in [5.74, 6) is 0.182. The van der Waals surface area contributed by atoms with Crippen molar-refractivity contribution in [3.63, 3.8) is 0 Å². The van der Waals surface area contributed by atoms with Crippen molar-refractivity contribution in [2.24, 2.45) is 0 Å². The van der Waals surface area contributed by atoms with Crippen molar-refractivity contribution in [2.75, 3.05) is 7.11 Å². The van der Waals surface area contributed by atoms with Crippen molar-refractivity contribution in [3.8, 4) is 11.5 Å². The first kappa shape index (κ1) is 22.7. The maximum Gasteiger partial charge on any atom is 0.308 e. The van der Waals surface area contributed by atoms with Crippen LogP contribution in [0.4, 0.5) is 0 Å². The number of carbonyl (C=O) groups is 1. The van der Waals surface area contributed by atoms with Crippen LogP contribution in [0.5, 0.6) is 11.5 Å². The number of methoxy groups -OCH3 is 1. The number of aryl methyl sites for hydroxylation is 1. The molecule has 9 heteroatoms. The Morgan fingerprint density at radius 1 is 1.18 bits per heavy atom. The smallest absolute Gasteiger partial charge is 0.308 e. The second-order valence-electron chi connectivity index (χ2n) is 7.29. The Morgan fingerprint density at radius 2 is 1.94 bits per heavy atom. The lowest BCUT2D eigenvalue weighted by atomic mass is 10.1. The molecule has 4 aromatic rings. The molecule has 0 N–H and O–H groups in total.